The van der Waals surface area contributed by atoms with Crippen molar-refractivity contribution in [2.45, 2.75) is 20.0 Å². The van der Waals surface area contributed by atoms with Gasteiger partial charge in [0.05, 0.1) is 16.6 Å². The maximum Gasteiger partial charge on any atom is 0.234 e. The van der Waals surface area contributed by atoms with Gasteiger partial charge in [-0.2, -0.15) is 0 Å². The maximum absolute atomic E-state index is 12.0. The quantitative estimate of drug-likeness (QED) is 0.852. The molecule has 0 aliphatic carbocycles. The summed E-state index contributed by atoms with van der Waals surface area (Å²) in [5.74, 6) is -0.0220. The van der Waals surface area contributed by atoms with Gasteiger partial charge in [-0.05, 0) is 31.2 Å². The number of aryl methyl sites for hydroxylation is 1. The first-order chi connectivity index (χ1) is 11.0. The highest BCUT2D eigenvalue weighted by Gasteiger charge is 2.10. The first-order valence-electron chi connectivity index (χ1n) is 7.39. The van der Waals surface area contributed by atoms with Crippen LogP contribution in [-0.4, -0.2) is 24.4 Å². The van der Waals surface area contributed by atoms with Gasteiger partial charge in [0.25, 0.3) is 0 Å². The first kappa shape index (κ1) is 17.8. The number of hydrogen-bond acceptors (Lipinski definition) is 2. The maximum atomic E-state index is 12.0. The van der Waals surface area contributed by atoms with Crippen molar-refractivity contribution in [3.05, 3.63) is 69.2 Å². The van der Waals surface area contributed by atoms with E-state index in [2.05, 4.69) is 5.32 Å². The fourth-order valence-corrected chi connectivity index (χ4v) is 2.60. The van der Waals surface area contributed by atoms with Crippen LogP contribution in [0.4, 0.5) is 0 Å². The molecule has 122 valence electrons. The minimum atomic E-state index is -0.0220. The molecule has 3 nitrogen and oxygen atoms in total. The molecular weight excluding hydrogens is 331 g/mol. The van der Waals surface area contributed by atoms with Gasteiger partial charge in [0.15, 0.2) is 0 Å². The number of benzene rings is 2. The van der Waals surface area contributed by atoms with E-state index in [9.17, 15) is 4.79 Å². The summed E-state index contributed by atoms with van der Waals surface area (Å²) < 4.78 is 0. The van der Waals surface area contributed by atoms with Crippen molar-refractivity contribution in [2.24, 2.45) is 0 Å². The van der Waals surface area contributed by atoms with Gasteiger partial charge in [0, 0.05) is 13.1 Å². The van der Waals surface area contributed by atoms with Crippen LogP contribution < -0.4 is 5.32 Å². The molecule has 2 aromatic carbocycles. The summed E-state index contributed by atoms with van der Waals surface area (Å²) in [5.41, 5.74) is 3.20. The second-order valence-electron chi connectivity index (χ2n) is 5.65. The van der Waals surface area contributed by atoms with Crippen LogP contribution in [0, 0.1) is 6.92 Å². The summed E-state index contributed by atoms with van der Waals surface area (Å²) in [6, 6.07) is 13.6. The Morgan fingerprint density at radius 2 is 1.83 bits per heavy atom. The van der Waals surface area contributed by atoms with E-state index in [4.69, 9.17) is 23.2 Å². The summed E-state index contributed by atoms with van der Waals surface area (Å²) in [5, 5.41) is 3.99. The Morgan fingerprint density at radius 3 is 2.52 bits per heavy atom. The van der Waals surface area contributed by atoms with E-state index >= 15 is 0 Å². The predicted octanol–water partition coefficient (Wildman–Crippen LogP) is 4.05. The van der Waals surface area contributed by atoms with Gasteiger partial charge in [-0.1, -0.05) is 65.2 Å². The molecule has 1 amide bonds. The summed E-state index contributed by atoms with van der Waals surface area (Å²) in [7, 11) is 1.88. The largest absolute Gasteiger partial charge is 0.351 e. The van der Waals surface area contributed by atoms with Crippen molar-refractivity contribution in [1.29, 1.82) is 0 Å². The number of rotatable bonds is 6. The fraction of sp³-hybridized carbons (Fsp3) is 0.278. The Kier molecular flexibility index (Phi) is 6.46. The highest BCUT2D eigenvalue weighted by Crippen LogP contribution is 2.26. The van der Waals surface area contributed by atoms with Crippen LogP contribution in [0.1, 0.15) is 16.7 Å². The fourth-order valence-electron chi connectivity index (χ4n) is 2.22. The van der Waals surface area contributed by atoms with Gasteiger partial charge in [0.1, 0.15) is 0 Å². The smallest absolute Gasteiger partial charge is 0.234 e. The van der Waals surface area contributed by atoms with Gasteiger partial charge in [-0.3, -0.25) is 9.69 Å². The van der Waals surface area contributed by atoms with E-state index in [0.717, 1.165) is 11.1 Å². The van der Waals surface area contributed by atoms with Crippen LogP contribution >= 0.6 is 23.2 Å². The SMILES string of the molecule is Cc1ccc(CNC(=O)CN(C)Cc2cccc(Cl)c2Cl)cc1. The van der Waals surface area contributed by atoms with Gasteiger partial charge in [0.2, 0.25) is 5.91 Å². The molecule has 0 aromatic heterocycles. The van der Waals surface area contributed by atoms with Crippen molar-refractivity contribution in [3.8, 4) is 0 Å². The number of carbonyl (C=O) groups excluding carboxylic acids is 1. The van der Waals surface area contributed by atoms with Crippen LogP contribution in [0.15, 0.2) is 42.5 Å². The Hall–Kier alpha value is -1.55. The minimum absolute atomic E-state index is 0.0220. The molecule has 0 atom stereocenters. The molecule has 2 aromatic rings. The zero-order valence-electron chi connectivity index (χ0n) is 13.3. The number of nitrogens with one attached hydrogen (secondary N) is 1. The number of nitrogens with zero attached hydrogens (tertiary/aromatic N) is 1. The lowest BCUT2D eigenvalue weighted by Gasteiger charge is -2.17. The molecule has 0 saturated carbocycles. The molecule has 23 heavy (non-hydrogen) atoms. The highest BCUT2D eigenvalue weighted by molar-refractivity contribution is 6.42. The summed E-state index contributed by atoms with van der Waals surface area (Å²) in [6.07, 6.45) is 0. The predicted molar refractivity (Wildman–Crippen MR) is 95.8 cm³/mol. The molecule has 0 bridgehead atoms. The van der Waals surface area contributed by atoms with Gasteiger partial charge < -0.3 is 5.32 Å². The third-order valence-electron chi connectivity index (χ3n) is 3.50. The van der Waals surface area contributed by atoms with Crippen LogP contribution in [0.5, 0.6) is 0 Å². The van der Waals surface area contributed by atoms with Gasteiger partial charge >= 0.3 is 0 Å². The number of amides is 1. The van der Waals surface area contributed by atoms with E-state index in [1.807, 2.05) is 55.3 Å². The topological polar surface area (TPSA) is 32.3 Å². The van der Waals surface area contributed by atoms with E-state index in [1.54, 1.807) is 6.07 Å². The van der Waals surface area contributed by atoms with Crippen LogP contribution in [0.25, 0.3) is 0 Å². The zero-order chi connectivity index (χ0) is 16.8. The molecule has 0 heterocycles. The van der Waals surface area contributed by atoms with Crippen molar-refractivity contribution in [1.82, 2.24) is 10.2 Å². The molecule has 0 fully saturated rings. The lowest BCUT2D eigenvalue weighted by atomic mass is 10.1. The lowest BCUT2D eigenvalue weighted by molar-refractivity contribution is -0.122. The van der Waals surface area contributed by atoms with Crippen molar-refractivity contribution >= 4 is 29.1 Å². The lowest BCUT2D eigenvalue weighted by Crippen LogP contribution is -2.34. The Morgan fingerprint density at radius 1 is 1.13 bits per heavy atom. The van der Waals surface area contributed by atoms with Crippen molar-refractivity contribution < 1.29 is 4.79 Å². The molecule has 0 spiro atoms. The van der Waals surface area contributed by atoms with Crippen LogP contribution in [0.3, 0.4) is 0 Å². The average Bonchev–Trinajstić information content (AvgIpc) is 2.51. The molecular formula is C18H20Cl2N2O. The number of likely N-dealkylation sites (N-methyl/N-ethyl adjacent to an activating group) is 1. The van der Waals surface area contributed by atoms with Crippen LogP contribution in [0.2, 0.25) is 10.0 Å². The van der Waals surface area contributed by atoms with Crippen LogP contribution in [-0.2, 0) is 17.9 Å². The Balaban J connectivity index is 1.82. The van der Waals surface area contributed by atoms with E-state index in [1.165, 1.54) is 5.56 Å². The highest BCUT2D eigenvalue weighted by atomic mass is 35.5. The molecule has 0 aliphatic heterocycles. The standard InChI is InChI=1S/C18H20Cl2N2O/c1-13-6-8-14(9-7-13)10-21-17(23)12-22(2)11-15-4-3-5-16(19)18(15)20/h3-9H,10-12H2,1-2H3,(H,21,23). The summed E-state index contributed by atoms with van der Waals surface area (Å²) in [4.78, 5) is 13.9. The molecule has 1 N–H and O–H groups in total. The second-order valence-corrected chi connectivity index (χ2v) is 6.43. The summed E-state index contributed by atoms with van der Waals surface area (Å²) in [6.45, 7) is 3.44. The normalized spacial score (nSPS) is 10.8. The molecule has 0 saturated heterocycles. The second kappa shape index (κ2) is 8.34. The zero-order valence-corrected chi connectivity index (χ0v) is 14.8. The summed E-state index contributed by atoms with van der Waals surface area (Å²) >= 11 is 12.2. The molecule has 2 rings (SSSR count). The van der Waals surface area contributed by atoms with Crippen molar-refractivity contribution in [2.75, 3.05) is 13.6 Å². The molecule has 0 unspecified atom stereocenters. The third kappa shape index (κ3) is 5.54. The molecule has 0 radical (unpaired) electrons. The van der Waals surface area contributed by atoms with Crippen molar-refractivity contribution in [3.63, 3.8) is 0 Å². The Labute approximate surface area is 147 Å². The number of carbonyl (C=O) groups is 1. The molecule has 0 aliphatic rings. The third-order valence-corrected chi connectivity index (χ3v) is 4.35. The van der Waals surface area contributed by atoms with E-state index < -0.39 is 0 Å². The minimum Gasteiger partial charge on any atom is -0.351 e. The Bertz CT molecular complexity index is 671. The average molecular weight is 351 g/mol. The van der Waals surface area contributed by atoms with E-state index in [0.29, 0.717) is 29.7 Å². The number of halogens is 2. The first-order valence-corrected chi connectivity index (χ1v) is 8.15. The van der Waals surface area contributed by atoms with Gasteiger partial charge in [-0.25, -0.2) is 0 Å². The van der Waals surface area contributed by atoms with Gasteiger partial charge in [-0.15, -0.1) is 0 Å². The number of hydrogen-bond donors (Lipinski definition) is 1. The van der Waals surface area contributed by atoms with E-state index in [-0.39, 0.29) is 5.91 Å². The monoisotopic (exact) mass is 350 g/mol. The molecule has 5 heteroatoms.